The number of halogens is 1. The molecular formula is C21H17FN4O. The van der Waals surface area contributed by atoms with E-state index in [1.165, 1.54) is 12.1 Å². The minimum Gasteiger partial charge on any atom is -0.454 e. The Morgan fingerprint density at radius 1 is 1.07 bits per heavy atom. The average Bonchev–Trinajstić information content (AvgIpc) is 3.08. The molecule has 0 aliphatic rings. The van der Waals surface area contributed by atoms with Gasteiger partial charge in [-0.3, -0.25) is 0 Å². The van der Waals surface area contributed by atoms with Crippen molar-refractivity contribution in [3.8, 4) is 17.5 Å². The van der Waals surface area contributed by atoms with Gasteiger partial charge in [-0.2, -0.15) is 5.26 Å². The maximum Gasteiger partial charge on any atom is 0.159 e. The van der Waals surface area contributed by atoms with Crippen molar-refractivity contribution in [2.75, 3.05) is 11.9 Å². The summed E-state index contributed by atoms with van der Waals surface area (Å²) in [6.45, 7) is 4.10. The summed E-state index contributed by atoms with van der Waals surface area (Å²) in [6, 6.07) is 13.7. The third-order valence-corrected chi connectivity index (χ3v) is 4.60. The Morgan fingerprint density at radius 2 is 1.89 bits per heavy atom. The van der Waals surface area contributed by atoms with Crippen LogP contribution < -0.4 is 4.90 Å². The summed E-state index contributed by atoms with van der Waals surface area (Å²) in [5.41, 5.74) is 3.01. The third-order valence-electron chi connectivity index (χ3n) is 4.60. The molecule has 0 aliphatic carbocycles. The van der Waals surface area contributed by atoms with E-state index in [1.807, 2.05) is 11.9 Å². The van der Waals surface area contributed by atoms with Crippen LogP contribution in [0.15, 0.2) is 46.9 Å². The summed E-state index contributed by atoms with van der Waals surface area (Å²) in [5.74, 6) is 0.854. The molecule has 0 unspecified atom stereocenters. The van der Waals surface area contributed by atoms with Gasteiger partial charge in [0.05, 0.1) is 22.7 Å². The topological polar surface area (TPSA) is 66.0 Å². The second-order valence-electron chi connectivity index (χ2n) is 6.71. The number of hydrogen-bond acceptors (Lipinski definition) is 5. The minimum atomic E-state index is -0.317. The molecule has 0 amide bonds. The van der Waals surface area contributed by atoms with Crippen molar-refractivity contribution >= 4 is 27.8 Å². The number of hydrogen-bond donors (Lipinski definition) is 0. The normalized spacial score (nSPS) is 11.3. The molecule has 0 fully saturated rings. The molecule has 2 aromatic heterocycles. The molecule has 0 saturated carbocycles. The predicted molar refractivity (Wildman–Crippen MR) is 103 cm³/mol. The SMILES string of the molecule is CC(C)N(C)c1nc2cc(C#N)ccc2nc1-c1cc2cc(F)ccc2o1. The van der Waals surface area contributed by atoms with Crippen LogP contribution in [-0.4, -0.2) is 23.1 Å². The Balaban J connectivity index is 1.98. The monoisotopic (exact) mass is 360 g/mol. The number of fused-ring (bicyclic) bond motifs is 2. The lowest BCUT2D eigenvalue weighted by atomic mass is 10.2. The van der Waals surface area contributed by atoms with E-state index in [9.17, 15) is 4.39 Å². The van der Waals surface area contributed by atoms with Crippen LogP contribution in [0.3, 0.4) is 0 Å². The van der Waals surface area contributed by atoms with Crippen LogP contribution in [-0.2, 0) is 0 Å². The van der Waals surface area contributed by atoms with Gasteiger partial charge in [0.1, 0.15) is 17.1 Å². The van der Waals surface area contributed by atoms with Crippen molar-refractivity contribution in [3.05, 3.63) is 53.8 Å². The number of rotatable bonds is 3. The fourth-order valence-corrected chi connectivity index (χ4v) is 2.90. The van der Waals surface area contributed by atoms with Crippen LogP contribution in [0.2, 0.25) is 0 Å². The third kappa shape index (κ3) is 2.97. The van der Waals surface area contributed by atoms with Gasteiger partial charge in [0.25, 0.3) is 0 Å². The molecule has 4 rings (SSSR count). The lowest BCUT2D eigenvalue weighted by Crippen LogP contribution is -2.27. The second-order valence-corrected chi connectivity index (χ2v) is 6.71. The highest BCUT2D eigenvalue weighted by molar-refractivity contribution is 5.87. The lowest BCUT2D eigenvalue weighted by molar-refractivity contribution is 0.617. The Morgan fingerprint density at radius 3 is 2.63 bits per heavy atom. The molecule has 0 bridgehead atoms. The van der Waals surface area contributed by atoms with Gasteiger partial charge in [-0.05, 0) is 56.3 Å². The van der Waals surface area contributed by atoms with Gasteiger partial charge in [0.2, 0.25) is 0 Å². The average molecular weight is 360 g/mol. The zero-order chi connectivity index (χ0) is 19.1. The van der Waals surface area contributed by atoms with Crippen molar-refractivity contribution < 1.29 is 8.81 Å². The van der Waals surface area contributed by atoms with Gasteiger partial charge < -0.3 is 9.32 Å². The van der Waals surface area contributed by atoms with Gasteiger partial charge in [-0.25, -0.2) is 14.4 Å². The van der Waals surface area contributed by atoms with Gasteiger partial charge in [-0.15, -0.1) is 0 Å². The minimum absolute atomic E-state index is 0.177. The van der Waals surface area contributed by atoms with Crippen LogP contribution in [0.5, 0.6) is 0 Å². The first-order valence-electron chi connectivity index (χ1n) is 8.60. The van der Waals surface area contributed by atoms with E-state index in [4.69, 9.17) is 19.6 Å². The van der Waals surface area contributed by atoms with Crippen molar-refractivity contribution in [2.45, 2.75) is 19.9 Å². The molecule has 2 heterocycles. The van der Waals surface area contributed by atoms with Crippen LogP contribution in [0.4, 0.5) is 10.2 Å². The smallest absolute Gasteiger partial charge is 0.159 e. The molecule has 0 aliphatic heterocycles. The number of furan rings is 1. The summed E-state index contributed by atoms with van der Waals surface area (Å²) >= 11 is 0. The maximum absolute atomic E-state index is 13.5. The summed E-state index contributed by atoms with van der Waals surface area (Å²) in [4.78, 5) is 11.5. The summed E-state index contributed by atoms with van der Waals surface area (Å²) in [5, 5.41) is 9.82. The van der Waals surface area contributed by atoms with Crippen molar-refractivity contribution in [1.82, 2.24) is 9.97 Å². The fraction of sp³-hybridized carbons (Fsp3) is 0.190. The van der Waals surface area contributed by atoms with E-state index in [0.29, 0.717) is 44.8 Å². The first-order chi connectivity index (χ1) is 13.0. The number of anilines is 1. The summed E-state index contributed by atoms with van der Waals surface area (Å²) in [7, 11) is 1.93. The molecule has 27 heavy (non-hydrogen) atoms. The van der Waals surface area contributed by atoms with Crippen molar-refractivity contribution in [2.24, 2.45) is 0 Å². The van der Waals surface area contributed by atoms with Gasteiger partial charge in [0, 0.05) is 18.5 Å². The van der Waals surface area contributed by atoms with Gasteiger partial charge in [-0.1, -0.05) is 0 Å². The Labute approximate surface area is 155 Å². The van der Waals surface area contributed by atoms with E-state index in [0.717, 1.165) is 0 Å². The second kappa shape index (κ2) is 6.36. The van der Waals surface area contributed by atoms with E-state index < -0.39 is 0 Å². The largest absolute Gasteiger partial charge is 0.454 e. The fourth-order valence-electron chi connectivity index (χ4n) is 2.90. The van der Waals surface area contributed by atoms with E-state index >= 15 is 0 Å². The molecule has 5 nitrogen and oxygen atoms in total. The molecule has 2 aromatic carbocycles. The molecule has 4 aromatic rings. The standard InChI is InChI=1S/C21H17FN4O/c1-12(2)26(3)21-20(19-10-14-9-15(22)5-7-18(14)27-19)24-16-6-4-13(11-23)8-17(16)25-21/h4-10,12H,1-3H3. The molecular weight excluding hydrogens is 343 g/mol. The van der Waals surface area contributed by atoms with Crippen molar-refractivity contribution in [3.63, 3.8) is 0 Å². The number of benzene rings is 2. The van der Waals surface area contributed by atoms with Crippen LogP contribution >= 0.6 is 0 Å². The van der Waals surface area contributed by atoms with Crippen LogP contribution in [0, 0.1) is 17.1 Å². The summed E-state index contributed by atoms with van der Waals surface area (Å²) < 4.78 is 19.5. The van der Waals surface area contributed by atoms with E-state index in [2.05, 4.69) is 19.9 Å². The zero-order valence-corrected chi connectivity index (χ0v) is 15.2. The first kappa shape index (κ1) is 17.0. The number of aromatic nitrogens is 2. The highest BCUT2D eigenvalue weighted by Crippen LogP contribution is 2.34. The zero-order valence-electron chi connectivity index (χ0n) is 15.2. The molecule has 0 saturated heterocycles. The first-order valence-corrected chi connectivity index (χ1v) is 8.60. The Kier molecular flexibility index (Phi) is 4.00. The molecule has 0 spiro atoms. The van der Waals surface area contributed by atoms with Gasteiger partial charge in [0.15, 0.2) is 11.6 Å². The predicted octanol–water partition coefficient (Wildman–Crippen LogP) is 4.90. The highest BCUT2D eigenvalue weighted by Gasteiger charge is 2.20. The highest BCUT2D eigenvalue weighted by atomic mass is 19.1. The van der Waals surface area contributed by atoms with Gasteiger partial charge >= 0.3 is 0 Å². The van der Waals surface area contributed by atoms with Crippen LogP contribution in [0.1, 0.15) is 19.4 Å². The van der Waals surface area contributed by atoms with E-state index in [-0.39, 0.29) is 11.9 Å². The number of nitrogens with zero attached hydrogens (tertiary/aromatic N) is 4. The molecule has 134 valence electrons. The number of nitriles is 1. The Bertz CT molecular complexity index is 1210. The quantitative estimate of drug-likeness (QED) is 0.520. The lowest BCUT2D eigenvalue weighted by Gasteiger charge is -2.24. The Hall–Kier alpha value is -3.46. The molecule has 0 radical (unpaired) electrons. The molecule has 0 N–H and O–H groups in total. The van der Waals surface area contributed by atoms with E-state index in [1.54, 1.807) is 30.3 Å². The summed E-state index contributed by atoms with van der Waals surface area (Å²) in [6.07, 6.45) is 0. The molecule has 6 heteroatoms. The maximum atomic E-state index is 13.5. The molecule has 0 atom stereocenters. The van der Waals surface area contributed by atoms with Crippen molar-refractivity contribution in [1.29, 1.82) is 5.26 Å². The van der Waals surface area contributed by atoms with Crippen LogP contribution in [0.25, 0.3) is 33.5 Å².